The monoisotopic (exact) mass is 368 g/mol. The van der Waals surface area contributed by atoms with Crippen LogP contribution in [0.3, 0.4) is 0 Å². The van der Waals surface area contributed by atoms with Crippen molar-refractivity contribution in [2.75, 3.05) is 11.9 Å². The molecule has 2 heterocycles. The van der Waals surface area contributed by atoms with Crippen molar-refractivity contribution in [3.8, 4) is 11.1 Å². The van der Waals surface area contributed by atoms with Gasteiger partial charge in [0.1, 0.15) is 5.82 Å². The lowest BCUT2D eigenvalue weighted by Gasteiger charge is -2.28. The van der Waals surface area contributed by atoms with Crippen LogP contribution in [-0.2, 0) is 4.74 Å². The zero-order valence-corrected chi connectivity index (χ0v) is 15.5. The number of aryl methyl sites for hydroxylation is 1. The molecule has 0 aromatic heterocycles. The number of hydrogen-bond donors (Lipinski definition) is 2. The van der Waals surface area contributed by atoms with Gasteiger partial charge in [0.15, 0.2) is 0 Å². The van der Waals surface area contributed by atoms with Crippen molar-refractivity contribution in [2.24, 2.45) is 5.92 Å². The zero-order chi connectivity index (χ0) is 18.8. The average Bonchev–Trinajstić information content (AvgIpc) is 3.00. The van der Waals surface area contributed by atoms with Crippen LogP contribution in [0.25, 0.3) is 11.1 Å². The lowest BCUT2D eigenvalue weighted by molar-refractivity contribution is 0.122. The molecular formula is C22H25FN2O2. The molecule has 2 unspecified atom stereocenters. The third-order valence-electron chi connectivity index (χ3n) is 5.68. The number of ether oxygens (including phenoxy) is 1. The van der Waals surface area contributed by atoms with E-state index in [1.54, 1.807) is 18.2 Å². The number of carbonyl (C=O) groups excluding carboxylic acids is 1. The molecule has 4 rings (SSSR count). The lowest BCUT2D eigenvalue weighted by Crippen LogP contribution is -2.39. The number of halogens is 1. The highest BCUT2D eigenvalue weighted by atomic mass is 19.1. The molecule has 4 nitrogen and oxygen atoms in total. The van der Waals surface area contributed by atoms with Crippen LogP contribution in [0.5, 0.6) is 0 Å². The van der Waals surface area contributed by atoms with Crippen molar-refractivity contribution in [2.45, 2.75) is 44.7 Å². The second-order valence-electron chi connectivity index (χ2n) is 7.68. The average molecular weight is 368 g/mol. The molecule has 2 fully saturated rings. The Kier molecular flexibility index (Phi) is 5.12. The molecule has 2 aromatic carbocycles. The maximum atomic E-state index is 14.2. The van der Waals surface area contributed by atoms with Gasteiger partial charge in [-0.2, -0.15) is 0 Å². The van der Waals surface area contributed by atoms with E-state index in [4.69, 9.17) is 4.74 Å². The number of piperidine rings is 1. The van der Waals surface area contributed by atoms with Crippen molar-refractivity contribution in [3.05, 3.63) is 53.8 Å². The minimum Gasteiger partial charge on any atom is -0.449 e. The molecule has 2 atom stereocenters. The van der Waals surface area contributed by atoms with Crippen LogP contribution in [0.15, 0.2) is 42.5 Å². The fraction of sp³-hybridized carbons (Fsp3) is 0.409. The quantitative estimate of drug-likeness (QED) is 0.809. The van der Waals surface area contributed by atoms with E-state index in [2.05, 4.69) is 10.6 Å². The van der Waals surface area contributed by atoms with Crippen LogP contribution < -0.4 is 10.6 Å². The summed E-state index contributed by atoms with van der Waals surface area (Å²) in [6.07, 6.45) is 4.10. The first-order chi connectivity index (χ1) is 13.1. The molecule has 2 aliphatic heterocycles. The Balaban J connectivity index is 1.44. The van der Waals surface area contributed by atoms with Crippen molar-refractivity contribution in [3.63, 3.8) is 0 Å². The summed E-state index contributed by atoms with van der Waals surface area (Å²) < 4.78 is 19.8. The van der Waals surface area contributed by atoms with Gasteiger partial charge in [-0.15, -0.1) is 0 Å². The normalized spacial score (nSPS) is 23.9. The maximum absolute atomic E-state index is 14.2. The van der Waals surface area contributed by atoms with Gasteiger partial charge in [0, 0.05) is 23.2 Å². The molecule has 1 amide bonds. The van der Waals surface area contributed by atoms with Crippen LogP contribution in [0.4, 0.5) is 14.9 Å². The number of anilines is 1. The molecule has 2 aliphatic rings. The van der Waals surface area contributed by atoms with Gasteiger partial charge >= 0.3 is 6.09 Å². The molecule has 2 N–H and O–H groups in total. The van der Waals surface area contributed by atoms with Gasteiger partial charge in [-0.05, 0) is 50.2 Å². The number of carbonyl (C=O) groups is 1. The standard InChI is InChI=1S/C22H25FN2O2/c1-14-5-4-7-19(18-6-2-3-8-20(18)23)21(14)25-22(26)27-13-15-11-16-9-10-17(12-15)24-16/h2-8,15-17,24H,9-13H2,1H3,(H,25,26). The summed E-state index contributed by atoms with van der Waals surface area (Å²) in [5.41, 5.74) is 2.59. The fourth-order valence-corrected chi connectivity index (χ4v) is 4.38. The third-order valence-corrected chi connectivity index (χ3v) is 5.68. The largest absolute Gasteiger partial charge is 0.449 e. The van der Waals surface area contributed by atoms with E-state index in [1.807, 2.05) is 25.1 Å². The minimum atomic E-state index is -0.479. The molecule has 5 heteroatoms. The van der Waals surface area contributed by atoms with Gasteiger partial charge in [0.2, 0.25) is 0 Å². The highest BCUT2D eigenvalue weighted by Crippen LogP contribution is 2.33. The molecule has 0 saturated carbocycles. The van der Waals surface area contributed by atoms with Crippen LogP contribution >= 0.6 is 0 Å². The lowest BCUT2D eigenvalue weighted by atomic mass is 9.93. The summed E-state index contributed by atoms with van der Waals surface area (Å²) >= 11 is 0. The number of para-hydroxylation sites is 1. The predicted molar refractivity (Wildman–Crippen MR) is 104 cm³/mol. The summed E-state index contributed by atoms with van der Waals surface area (Å²) in [6.45, 7) is 2.33. The summed E-state index contributed by atoms with van der Waals surface area (Å²) in [5.74, 6) is 0.0992. The summed E-state index contributed by atoms with van der Waals surface area (Å²) in [6, 6.07) is 13.3. The topological polar surface area (TPSA) is 50.4 Å². The van der Waals surface area contributed by atoms with Crippen LogP contribution in [0.1, 0.15) is 31.2 Å². The van der Waals surface area contributed by atoms with Gasteiger partial charge in [-0.3, -0.25) is 5.32 Å². The van der Waals surface area contributed by atoms with Gasteiger partial charge in [0.25, 0.3) is 0 Å². The fourth-order valence-electron chi connectivity index (χ4n) is 4.38. The summed E-state index contributed by atoms with van der Waals surface area (Å²) in [7, 11) is 0. The second kappa shape index (κ2) is 7.69. The molecule has 0 spiro atoms. The molecule has 2 aromatic rings. The van der Waals surface area contributed by atoms with E-state index in [0.29, 0.717) is 41.4 Å². The second-order valence-corrected chi connectivity index (χ2v) is 7.68. The predicted octanol–water partition coefficient (Wildman–Crippen LogP) is 4.88. The van der Waals surface area contributed by atoms with E-state index < -0.39 is 6.09 Å². The molecule has 2 saturated heterocycles. The van der Waals surface area contributed by atoms with Crippen LogP contribution in [0, 0.1) is 18.7 Å². The molecular weight excluding hydrogens is 343 g/mol. The van der Waals surface area contributed by atoms with E-state index in [9.17, 15) is 9.18 Å². The van der Waals surface area contributed by atoms with Gasteiger partial charge in [0.05, 0.1) is 12.3 Å². The molecule has 27 heavy (non-hydrogen) atoms. The Morgan fingerprint density at radius 1 is 1.11 bits per heavy atom. The number of rotatable bonds is 4. The number of fused-ring (bicyclic) bond motifs is 2. The van der Waals surface area contributed by atoms with Crippen molar-refractivity contribution in [1.82, 2.24) is 5.32 Å². The smallest absolute Gasteiger partial charge is 0.411 e. The Morgan fingerprint density at radius 3 is 2.56 bits per heavy atom. The third kappa shape index (κ3) is 3.98. The van der Waals surface area contributed by atoms with Crippen molar-refractivity contribution in [1.29, 1.82) is 0 Å². The Hall–Kier alpha value is -2.40. The van der Waals surface area contributed by atoms with Crippen LogP contribution in [-0.4, -0.2) is 24.8 Å². The molecule has 0 aliphatic carbocycles. The first kappa shape index (κ1) is 18.0. The van der Waals surface area contributed by atoms with E-state index >= 15 is 0 Å². The Labute approximate surface area is 159 Å². The Morgan fingerprint density at radius 2 is 1.81 bits per heavy atom. The number of nitrogens with one attached hydrogen (secondary N) is 2. The summed E-state index contributed by atoms with van der Waals surface area (Å²) in [4.78, 5) is 12.4. The SMILES string of the molecule is Cc1cccc(-c2ccccc2F)c1NC(=O)OCC1CC2CCC(C1)N2. The number of benzene rings is 2. The first-order valence-electron chi connectivity index (χ1n) is 9.64. The van der Waals surface area contributed by atoms with E-state index in [1.165, 1.54) is 18.9 Å². The Bertz CT molecular complexity index is 827. The van der Waals surface area contributed by atoms with Gasteiger partial charge < -0.3 is 10.1 Å². The molecule has 142 valence electrons. The molecule has 2 bridgehead atoms. The van der Waals surface area contributed by atoms with E-state index in [-0.39, 0.29) is 5.82 Å². The highest BCUT2D eigenvalue weighted by molar-refractivity contribution is 5.93. The zero-order valence-electron chi connectivity index (χ0n) is 15.5. The van der Waals surface area contributed by atoms with Crippen molar-refractivity contribution < 1.29 is 13.9 Å². The van der Waals surface area contributed by atoms with Crippen LogP contribution in [0.2, 0.25) is 0 Å². The van der Waals surface area contributed by atoms with E-state index in [0.717, 1.165) is 18.4 Å². The first-order valence-corrected chi connectivity index (χ1v) is 9.64. The maximum Gasteiger partial charge on any atom is 0.411 e. The summed E-state index contributed by atoms with van der Waals surface area (Å²) in [5, 5.41) is 6.43. The van der Waals surface area contributed by atoms with Crippen molar-refractivity contribution >= 4 is 11.8 Å². The number of amides is 1. The van der Waals surface area contributed by atoms with Gasteiger partial charge in [-0.1, -0.05) is 36.4 Å². The molecule has 0 radical (unpaired) electrons. The minimum absolute atomic E-state index is 0.315. The number of hydrogen-bond acceptors (Lipinski definition) is 3. The highest BCUT2D eigenvalue weighted by Gasteiger charge is 2.33. The van der Waals surface area contributed by atoms with Gasteiger partial charge in [-0.25, -0.2) is 9.18 Å².